The van der Waals surface area contributed by atoms with Gasteiger partial charge in [-0.05, 0) is 37.8 Å². The van der Waals surface area contributed by atoms with Gasteiger partial charge in [-0.1, -0.05) is 6.07 Å². The van der Waals surface area contributed by atoms with Crippen molar-refractivity contribution in [3.8, 4) is 5.69 Å². The SMILES string of the molecule is CCOC(=O)c1c(C2CC2)cnn1-c1c(F)cccc1F. The third kappa shape index (κ3) is 2.41. The first kappa shape index (κ1) is 13.7. The average molecular weight is 292 g/mol. The minimum absolute atomic E-state index is 0.114. The van der Waals surface area contributed by atoms with Crippen LogP contribution in [0.2, 0.25) is 0 Å². The Hall–Kier alpha value is -2.24. The Morgan fingerprint density at radius 2 is 2.05 bits per heavy atom. The van der Waals surface area contributed by atoms with E-state index in [4.69, 9.17) is 4.74 Å². The first-order valence-electron chi connectivity index (χ1n) is 6.83. The zero-order chi connectivity index (χ0) is 15.0. The number of rotatable bonds is 4. The van der Waals surface area contributed by atoms with Gasteiger partial charge >= 0.3 is 5.97 Å². The Bertz CT molecular complexity index is 673. The highest BCUT2D eigenvalue weighted by molar-refractivity contribution is 5.90. The Morgan fingerprint density at radius 3 is 2.62 bits per heavy atom. The number of carbonyl (C=O) groups excluding carboxylic acids is 1. The molecule has 21 heavy (non-hydrogen) atoms. The van der Waals surface area contributed by atoms with Crippen molar-refractivity contribution < 1.29 is 18.3 Å². The molecule has 0 spiro atoms. The van der Waals surface area contributed by atoms with E-state index in [1.54, 1.807) is 6.92 Å². The zero-order valence-electron chi connectivity index (χ0n) is 11.5. The molecular weight excluding hydrogens is 278 g/mol. The molecule has 3 rings (SSSR count). The normalized spacial score (nSPS) is 14.2. The molecule has 0 saturated heterocycles. The van der Waals surface area contributed by atoms with Crippen LogP contribution in [0.15, 0.2) is 24.4 Å². The van der Waals surface area contributed by atoms with Gasteiger partial charge in [-0.15, -0.1) is 0 Å². The second kappa shape index (κ2) is 5.27. The van der Waals surface area contributed by atoms with E-state index < -0.39 is 17.6 Å². The third-order valence-electron chi connectivity index (χ3n) is 3.43. The average Bonchev–Trinajstić information content (AvgIpc) is 3.19. The van der Waals surface area contributed by atoms with Crippen molar-refractivity contribution in [2.75, 3.05) is 6.61 Å². The van der Waals surface area contributed by atoms with Crippen LogP contribution in [0.3, 0.4) is 0 Å². The van der Waals surface area contributed by atoms with Crippen LogP contribution in [0.4, 0.5) is 8.78 Å². The molecule has 0 radical (unpaired) electrons. The molecule has 110 valence electrons. The minimum Gasteiger partial charge on any atom is -0.461 e. The first-order chi connectivity index (χ1) is 10.1. The standard InChI is InChI=1S/C15H14F2N2O2/c1-2-21-15(20)13-10(9-6-7-9)8-18-19(13)14-11(16)4-3-5-12(14)17/h3-5,8-9H,2,6-7H2,1H3. The summed E-state index contributed by atoms with van der Waals surface area (Å²) in [7, 11) is 0. The summed E-state index contributed by atoms with van der Waals surface area (Å²) < 4.78 is 33.9. The van der Waals surface area contributed by atoms with Crippen molar-refractivity contribution in [3.05, 3.63) is 47.3 Å². The predicted octanol–water partition coefficient (Wildman–Crippen LogP) is 3.20. The van der Waals surface area contributed by atoms with Crippen molar-refractivity contribution >= 4 is 5.97 Å². The molecule has 4 nitrogen and oxygen atoms in total. The molecule has 0 unspecified atom stereocenters. The molecule has 1 heterocycles. The molecule has 0 bridgehead atoms. The van der Waals surface area contributed by atoms with Gasteiger partial charge in [0.15, 0.2) is 17.3 Å². The number of benzene rings is 1. The van der Waals surface area contributed by atoms with Gasteiger partial charge in [-0.25, -0.2) is 18.3 Å². The summed E-state index contributed by atoms with van der Waals surface area (Å²) in [5.74, 6) is -1.94. The van der Waals surface area contributed by atoms with Crippen molar-refractivity contribution in [1.82, 2.24) is 9.78 Å². The summed E-state index contributed by atoms with van der Waals surface area (Å²) in [6, 6.07) is 3.53. The predicted molar refractivity (Wildman–Crippen MR) is 71.4 cm³/mol. The molecule has 0 N–H and O–H groups in total. The monoisotopic (exact) mass is 292 g/mol. The number of carbonyl (C=O) groups is 1. The summed E-state index contributed by atoms with van der Waals surface area (Å²) >= 11 is 0. The number of ether oxygens (including phenoxy) is 1. The van der Waals surface area contributed by atoms with Gasteiger partial charge < -0.3 is 4.74 Å². The summed E-state index contributed by atoms with van der Waals surface area (Å²) in [6.07, 6.45) is 3.38. The van der Waals surface area contributed by atoms with Crippen molar-refractivity contribution in [3.63, 3.8) is 0 Å². The molecule has 1 aliphatic rings. The smallest absolute Gasteiger partial charge is 0.357 e. The van der Waals surface area contributed by atoms with Gasteiger partial charge in [0, 0.05) is 5.56 Å². The topological polar surface area (TPSA) is 44.1 Å². The lowest BCUT2D eigenvalue weighted by Crippen LogP contribution is -2.15. The lowest BCUT2D eigenvalue weighted by molar-refractivity contribution is 0.0514. The molecule has 0 aliphatic heterocycles. The molecule has 2 aromatic rings. The summed E-state index contributed by atoms with van der Waals surface area (Å²) in [4.78, 5) is 12.1. The maximum absolute atomic E-state index is 13.9. The Morgan fingerprint density at radius 1 is 1.38 bits per heavy atom. The number of hydrogen-bond acceptors (Lipinski definition) is 3. The van der Waals surface area contributed by atoms with Gasteiger partial charge in [0.2, 0.25) is 0 Å². The Kier molecular flexibility index (Phi) is 3.45. The molecular formula is C15H14F2N2O2. The lowest BCUT2D eigenvalue weighted by atomic mass is 10.1. The van der Waals surface area contributed by atoms with Crippen LogP contribution in [-0.2, 0) is 4.74 Å². The van der Waals surface area contributed by atoms with Crippen LogP contribution in [0.5, 0.6) is 0 Å². The van der Waals surface area contributed by atoms with Crippen molar-refractivity contribution in [1.29, 1.82) is 0 Å². The Balaban J connectivity index is 2.16. The van der Waals surface area contributed by atoms with Gasteiger partial charge in [-0.3, -0.25) is 0 Å². The molecule has 1 aliphatic carbocycles. The van der Waals surface area contributed by atoms with E-state index in [9.17, 15) is 13.6 Å². The van der Waals surface area contributed by atoms with Crippen LogP contribution >= 0.6 is 0 Å². The molecule has 6 heteroatoms. The van der Waals surface area contributed by atoms with Gasteiger partial charge in [0.25, 0.3) is 0 Å². The zero-order valence-corrected chi connectivity index (χ0v) is 11.5. The van der Waals surface area contributed by atoms with E-state index in [2.05, 4.69) is 5.10 Å². The maximum Gasteiger partial charge on any atom is 0.357 e. The lowest BCUT2D eigenvalue weighted by Gasteiger charge is -2.10. The summed E-state index contributed by atoms with van der Waals surface area (Å²) in [6.45, 7) is 1.87. The maximum atomic E-state index is 13.9. The van der Waals surface area contributed by atoms with E-state index in [0.29, 0.717) is 5.56 Å². The van der Waals surface area contributed by atoms with Crippen LogP contribution in [0.1, 0.15) is 41.7 Å². The quantitative estimate of drug-likeness (QED) is 0.813. The van der Waals surface area contributed by atoms with Crippen LogP contribution < -0.4 is 0 Å². The molecule has 1 aromatic heterocycles. The summed E-state index contributed by atoms with van der Waals surface area (Å²) in [5, 5.41) is 4.01. The van der Waals surface area contributed by atoms with Crippen molar-refractivity contribution in [2.24, 2.45) is 0 Å². The van der Waals surface area contributed by atoms with E-state index in [1.807, 2.05) is 0 Å². The van der Waals surface area contributed by atoms with Crippen molar-refractivity contribution in [2.45, 2.75) is 25.7 Å². The number of hydrogen-bond donors (Lipinski definition) is 0. The minimum atomic E-state index is -0.772. The highest BCUT2D eigenvalue weighted by Crippen LogP contribution is 2.42. The number of aromatic nitrogens is 2. The second-order valence-corrected chi connectivity index (χ2v) is 4.93. The fraction of sp³-hybridized carbons (Fsp3) is 0.333. The summed E-state index contributed by atoms with van der Waals surface area (Å²) in [5.41, 5.74) is 0.451. The molecule has 1 fully saturated rings. The molecule has 0 amide bonds. The highest BCUT2D eigenvalue weighted by atomic mass is 19.1. The van der Waals surface area contributed by atoms with E-state index >= 15 is 0 Å². The van der Waals surface area contributed by atoms with Gasteiger partial charge in [0.1, 0.15) is 5.69 Å². The third-order valence-corrected chi connectivity index (χ3v) is 3.43. The second-order valence-electron chi connectivity index (χ2n) is 4.93. The molecule has 0 atom stereocenters. The van der Waals surface area contributed by atoms with E-state index in [0.717, 1.165) is 29.7 Å². The number of nitrogens with zero attached hydrogens (tertiary/aromatic N) is 2. The van der Waals surface area contributed by atoms with Crippen LogP contribution in [0, 0.1) is 11.6 Å². The largest absolute Gasteiger partial charge is 0.461 e. The number of para-hydroxylation sites is 1. The fourth-order valence-electron chi connectivity index (χ4n) is 2.32. The van der Waals surface area contributed by atoms with Gasteiger partial charge in [0.05, 0.1) is 12.8 Å². The number of halogens is 2. The van der Waals surface area contributed by atoms with E-state index in [-0.39, 0.29) is 23.9 Å². The highest BCUT2D eigenvalue weighted by Gasteiger charge is 2.33. The van der Waals surface area contributed by atoms with E-state index in [1.165, 1.54) is 12.3 Å². The number of esters is 1. The molecule has 1 saturated carbocycles. The Labute approximate surface area is 120 Å². The van der Waals surface area contributed by atoms with Crippen LogP contribution in [0.25, 0.3) is 5.69 Å². The molecule has 1 aromatic carbocycles. The fourth-order valence-corrected chi connectivity index (χ4v) is 2.32. The van der Waals surface area contributed by atoms with Crippen LogP contribution in [-0.4, -0.2) is 22.4 Å². The van der Waals surface area contributed by atoms with Gasteiger partial charge in [-0.2, -0.15) is 5.10 Å². The first-order valence-corrected chi connectivity index (χ1v) is 6.83.